The quantitative estimate of drug-likeness (QED) is 0.504. The van der Waals surface area contributed by atoms with Gasteiger partial charge in [-0.2, -0.15) is 13.2 Å². The van der Waals surface area contributed by atoms with Crippen LogP contribution in [0.1, 0.15) is 42.2 Å². The highest BCUT2D eigenvalue weighted by Gasteiger charge is 2.41. The van der Waals surface area contributed by atoms with E-state index in [1.165, 1.54) is 12.1 Å². The number of nitrogens with zero attached hydrogens (tertiary/aromatic N) is 1. The largest absolute Gasteiger partial charge is 0.507 e. The average molecular weight is 461 g/mol. The third-order valence-corrected chi connectivity index (χ3v) is 6.03. The van der Waals surface area contributed by atoms with Gasteiger partial charge >= 0.3 is 6.18 Å². The van der Waals surface area contributed by atoms with Crippen molar-refractivity contribution in [3.8, 4) is 17.2 Å². The zero-order chi connectivity index (χ0) is 23.9. The van der Waals surface area contributed by atoms with Crippen molar-refractivity contribution in [3.05, 3.63) is 63.0 Å². The first-order chi connectivity index (χ1) is 15.5. The number of ether oxygens (including phenoxy) is 1. The lowest BCUT2D eigenvalue weighted by Gasteiger charge is -2.31. The molecule has 2 aromatic carbocycles. The topological polar surface area (TPSA) is 62.9 Å². The van der Waals surface area contributed by atoms with Crippen LogP contribution in [0.25, 0.3) is 11.0 Å². The van der Waals surface area contributed by atoms with Crippen LogP contribution in [-0.2, 0) is 12.7 Å². The number of phenols is 1. The van der Waals surface area contributed by atoms with Crippen molar-refractivity contribution < 1.29 is 27.4 Å². The third-order valence-electron chi connectivity index (χ3n) is 6.03. The van der Waals surface area contributed by atoms with Crippen molar-refractivity contribution in [1.29, 1.82) is 0 Å². The summed E-state index contributed by atoms with van der Waals surface area (Å²) in [6.07, 6.45) is -2.94. The molecule has 2 heterocycles. The summed E-state index contributed by atoms with van der Waals surface area (Å²) in [7, 11) is 0. The Labute approximate surface area is 189 Å². The number of halogens is 3. The number of piperidine rings is 1. The van der Waals surface area contributed by atoms with Gasteiger partial charge in [0.05, 0.1) is 10.9 Å². The predicted octanol–water partition coefficient (Wildman–Crippen LogP) is 6.16. The highest BCUT2D eigenvalue weighted by molar-refractivity contribution is 5.83. The van der Waals surface area contributed by atoms with E-state index in [0.717, 1.165) is 31.5 Å². The van der Waals surface area contributed by atoms with Crippen molar-refractivity contribution in [2.24, 2.45) is 5.92 Å². The van der Waals surface area contributed by atoms with Gasteiger partial charge in [-0.15, -0.1) is 0 Å². The van der Waals surface area contributed by atoms with E-state index < -0.39 is 23.1 Å². The molecule has 0 amide bonds. The number of fused-ring (bicyclic) bond motifs is 1. The number of hydrogen-bond acceptors (Lipinski definition) is 5. The third kappa shape index (κ3) is 4.71. The van der Waals surface area contributed by atoms with Gasteiger partial charge < -0.3 is 14.3 Å². The molecule has 33 heavy (non-hydrogen) atoms. The van der Waals surface area contributed by atoms with Crippen LogP contribution in [0.2, 0.25) is 0 Å². The van der Waals surface area contributed by atoms with Gasteiger partial charge in [0.1, 0.15) is 17.1 Å². The monoisotopic (exact) mass is 461 g/mol. The van der Waals surface area contributed by atoms with Gasteiger partial charge in [-0.05, 0) is 68.5 Å². The summed E-state index contributed by atoms with van der Waals surface area (Å²) in [5, 5.41) is 10.4. The number of likely N-dealkylation sites (tertiary alicyclic amines) is 1. The molecule has 1 aromatic heterocycles. The Bertz CT molecular complexity index is 1250. The molecule has 0 saturated carbocycles. The molecule has 1 fully saturated rings. The maximum atomic E-state index is 14.0. The lowest BCUT2D eigenvalue weighted by atomic mass is 9.99. The van der Waals surface area contributed by atoms with Crippen LogP contribution < -0.4 is 10.2 Å². The van der Waals surface area contributed by atoms with Crippen molar-refractivity contribution >= 4 is 11.0 Å². The summed E-state index contributed by atoms with van der Waals surface area (Å²) in [5.74, 6) is -2.05. The smallest absolute Gasteiger partial charge is 0.453 e. The van der Waals surface area contributed by atoms with Gasteiger partial charge in [-0.1, -0.05) is 19.1 Å². The Kier molecular flexibility index (Phi) is 6.14. The summed E-state index contributed by atoms with van der Waals surface area (Å²) in [5.41, 5.74) is 0.329. The van der Waals surface area contributed by atoms with E-state index in [9.17, 15) is 23.1 Å². The molecule has 176 valence electrons. The van der Waals surface area contributed by atoms with Gasteiger partial charge in [0.15, 0.2) is 0 Å². The molecular formula is C25H26F3NO4. The lowest BCUT2D eigenvalue weighted by molar-refractivity contribution is -0.154. The van der Waals surface area contributed by atoms with Crippen LogP contribution in [-0.4, -0.2) is 23.1 Å². The Hall–Kier alpha value is -3.00. The van der Waals surface area contributed by atoms with E-state index in [2.05, 4.69) is 11.8 Å². The molecule has 8 heteroatoms. The molecule has 1 aliphatic rings. The molecule has 1 atom stereocenters. The zero-order valence-corrected chi connectivity index (χ0v) is 18.8. The zero-order valence-electron chi connectivity index (χ0n) is 18.8. The molecule has 0 aliphatic carbocycles. The number of benzene rings is 2. The van der Waals surface area contributed by atoms with Gasteiger partial charge in [0.25, 0.3) is 5.76 Å². The van der Waals surface area contributed by atoms with E-state index in [4.69, 9.17) is 9.15 Å². The van der Waals surface area contributed by atoms with Crippen LogP contribution in [0.4, 0.5) is 13.2 Å². The molecule has 1 aliphatic heterocycles. The molecule has 5 nitrogen and oxygen atoms in total. The Morgan fingerprint density at radius 3 is 2.67 bits per heavy atom. The number of phenolic OH excluding ortho intramolecular Hbond substituents is 1. The summed E-state index contributed by atoms with van der Waals surface area (Å²) in [6, 6.07) is 7.66. The van der Waals surface area contributed by atoms with Gasteiger partial charge in [-0.3, -0.25) is 9.69 Å². The molecule has 0 bridgehead atoms. The minimum Gasteiger partial charge on any atom is -0.507 e. The second-order valence-corrected chi connectivity index (χ2v) is 8.88. The van der Waals surface area contributed by atoms with Crippen LogP contribution in [0, 0.1) is 19.8 Å². The van der Waals surface area contributed by atoms with Gasteiger partial charge in [0, 0.05) is 13.1 Å². The molecule has 1 unspecified atom stereocenters. The van der Waals surface area contributed by atoms with Crippen molar-refractivity contribution in [3.63, 3.8) is 0 Å². The first kappa shape index (κ1) is 23.2. The second kappa shape index (κ2) is 8.74. The molecule has 3 aromatic rings. The summed E-state index contributed by atoms with van der Waals surface area (Å²) >= 11 is 0. The Balaban J connectivity index is 1.88. The van der Waals surface area contributed by atoms with E-state index in [-0.39, 0.29) is 34.6 Å². The van der Waals surface area contributed by atoms with Crippen molar-refractivity contribution in [1.82, 2.24) is 4.90 Å². The number of alkyl halides is 3. The second-order valence-electron chi connectivity index (χ2n) is 8.88. The summed E-state index contributed by atoms with van der Waals surface area (Å²) in [4.78, 5) is 15.3. The first-order valence-electron chi connectivity index (χ1n) is 10.9. The number of hydrogen-bond donors (Lipinski definition) is 1. The van der Waals surface area contributed by atoms with E-state index >= 15 is 0 Å². The molecule has 1 N–H and O–H groups in total. The fourth-order valence-electron chi connectivity index (χ4n) is 4.30. The molecular weight excluding hydrogens is 435 g/mol. The Morgan fingerprint density at radius 2 is 1.97 bits per heavy atom. The SMILES string of the molecule is Cc1ccc(C)c(Oc2c(C(F)(F)F)oc3c(CN4CCCC(C)C4)c(O)ccc3c2=O)c1. The van der Waals surface area contributed by atoms with Gasteiger partial charge in [-0.25, -0.2) is 0 Å². The van der Waals surface area contributed by atoms with Crippen molar-refractivity contribution in [2.45, 2.75) is 46.3 Å². The fourth-order valence-corrected chi connectivity index (χ4v) is 4.30. The van der Waals surface area contributed by atoms with Crippen LogP contribution in [0.15, 0.2) is 39.5 Å². The fraction of sp³-hybridized carbons (Fsp3) is 0.400. The highest BCUT2D eigenvalue weighted by Crippen LogP contribution is 2.40. The van der Waals surface area contributed by atoms with Crippen LogP contribution in [0.5, 0.6) is 17.2 Å². The Morgan fingerprint density at radius 1 is 1.21 bits per heavy atom. The molecule has 0 spiro atoms. The number of aryl methyl sites for hydroxylation is 2. The molecule has 1 saturated heterocycles. The maximum absolute atomic E-state index is 14.0. The van der Waals surface area contributed by atoms with Gasteiger partial charge in [0.2, 0.25) is 11.2 Å². The first-order valence-corrected chi connectivity index (χ1v) is 10.9. The molecule has 4 rings (SSSR count). The van der Waals surface area contributed by atoms with E-state index in [1.54, 1.807) is 32.0 Å². The molecule has 0 radical (unpaired) electrons. The highest BCUT2D eigenvalue weighted by atomic mass is 19.4. The number of rotatable bonds is 4. The normalized spacial score (nSPS) is 17.5. The standard InChI is InChI=1S/C25H26F3NO4/c1-14-6-7-16(3)20(11-14)32-23-21(31)17-8-9-19(30)18(13-29-10-4-5-15(2)12-29)22(17)33-24(23)25(26,27)28/h6-9,11,15,30H,4-5,10,12-13H2,1-3H3. The lowest BCUT2D eigenvalue weighted by Crippen LogP contribution is -2.33. The van der Waals surface area contributed by atoms with E-state index in [1.807, 2.05) is 0 Å². The van der Waals surface area contributed by atoms with E-state index in [0.29, 0.717) is 11.5 Å². The summed E-state index contributed by atoms with van der Waals surface area (Å²) in [6.45, 7) is 7.25. The maximum Gasteiger partial charge on any atom is 0.453 e. The minimum atomic E-state index is -4.97. The van der Waals surface area contributed by atoms with Crippen LogP contribution in [0.3, 0.4) is 0 Å². The van der Waals surface area contributed by atoms with Crippen molar-refractivity contribution in [2.75, 3.05) is 13.1 Å². The average Bonchev–Trinajstić information content (AvgIpc) is 2.73. The summed E-state index contributed by atoms with van der Waals surface area (Å²) < 4.78 is 52.8. The number of aromatic hydroxyl groups is 1. The minimum absolute atomic E-state index is 0.0684. The van der Waals surface area contributed by atoms with Crippen LogP contribution >= 0.6 is 0 Å². The predicted molar refractivity (Wildman–Crippen MR) is 119 cm³/mol.